The smallest absolute Gasteiger partial charge is 0.162 e. The van der Waals surface area contributed by atoms with Crippen LogP contribution in [0.1, 0.15) is 67.8 Å². The van der Waals surface area contributed by atoms with Crippen LogP contribution in [-0.4, -0.2) is 17.0 Å². The van der Waals surface area contributed by atoms with Crippen molar-refractivity contribution in [3.63, 3.8) is 0 Å². The van der Waals surface area contributed by atoms with Gasteiger partial charge < -0.3 is 0 Å². The quantitative estimate of drug-likeness (QED) is 0.398. The molecule has 1 aromatic carbocycles. The maximum absolute atomic E-state index is 11.7. The standard InChI is InChI=1S/C20H28Cl2O/c1-2-20(23)18-11-7-16(8-12-18)14-19(22)17-9-5-15(6-10-17)4-3-13-21/h7-8,11-12,15,17,19H,2-6,9-10,13-14H2,1H3. The highest BCUT2D eigenvalue weighted by molar-refractivity contribution is 6.21. The second kappa shape index (κ2) is 9.69. The molecule has 0 aliphatic heterocycles. The van der Waals surface area contributed by atoms with Crippen LogP contribution in [0, 0.1) is 11.8 Å². The van der Waals surface area contributed by atoms with Crippen molar-refractivity contribution in [1.82, 2.24) is 0 Å². The fraction of sp³-hybridized carbons (Fsp3) is 0.650. The van der Waals surface area contributed by atoms with E-state index in [0.29, 0.717) is 12.3 Å². The lowest BCUT2D eigenvalue weighted by Gasteiger charge is -2.31. The molecule has 3 heteroatoms. The summed E-state index contributed by atoms with van der Waals surface area (Å²) >= 11 is 12.5. The van der Waals surface area contributed by atoms with E-state index in [9.17, 15) is 4.79 Å². The number of benzene rings is 1. The van der Waals surface area contributed by atoms with Crippen LogP contribution in [0.25, 0.3) is 0 Å². The third kappa shape index (κ3) is 5.80. The zero-order chi connectivity index (χ0) is 16.7. The summed E-state index contributed by atoms with van der Waals surface area (Å²) in [5, 5.41) is 0.205. The van der Waals surface area contributed by atoms with E-state index < -0.39 is 0 Å². The lowest BCUT2D eigenvalue weighted by atomic mass is 9.78. The maximum Gasteiger partial charge on any atom is 0.162 e. The van der Waals surface area contributed by atoms with Gasteiger partial charge in [0.2, 0.25) is 0 Å². The number of carbonyl (C=O) groups excluding carboxylic acids is 1. The molecule has 0 saturated heterocycles. The van der Waals surface area contributed by atoms with Crippen LogP contribution in [0.15, 0.2) is 24.3 Å². The first kappa shape index (κ1) is 18.8. The number of hydrogen-bond donors (Lipinski definition) is 0. The minimum absolute atomic E-state index is 0.203. The number of ketones is 1. The number of Topliss-reactive ketones (excluding diaryl/α,β-unsaturated/α-hetero) is 1. The van der Waals surface area contributed by atoms with Crippen LogP contribution in [0.2, 0.25) is 0 Å². The summed E-state index contributed by atoms with van der Waals surface area (Å²) in [7, 11) is 0. The molecule has 23 heavy (non-hydrogen) atoms. The average molecular weight is 355 g/mol. The van der Waals surface area contributed by atoms with Crippen LogP contribution < -0.4 is 0 Å². The minimum atomic E-state index is 0.203. The zero-order valence-electron chi connectivity index (χ0n) is 14.1. The van der Waals surface area contributed by atoms with Crippen LogP contribution in [0.5, 0.6) is 0 Å². The first-order valence-corrected chi connectivity index (χ1v) is 9.93. The molecule has 1 aliphatic rings. The third-order valence-corrected chi connectivity index (χ3v) is 5.95. The van der Waals surface area contributed by atoms with Gasteiger partial charge in [0.25, 0.3) is 0 Å². The van der Waals surface area contributed by atoms with Crippen molar-refractivity contribution in [1.29, 1.82) is 0 Å². The number of alkyl halides is 2. The fourth-order valence-electron chi connectivity index (χ4n) is 3.63. The number of rotatable bonds is 8. The van der Waals surface area contributed by atoms with Crippen molar-refractivity contribution >= 4 is 29.0 Å². The Morgan fingerprint density at radius 2 is 1.83 bits per heavy atom. The molecule has 1 saturated carbocycles. The van der Waals surface area contributed by atoms with E-state index in [1.54, 1.807) is 0 Å². The fourth-order valence-corrected chi connectivity index (χ4v) is 4.21. The molecule has 0 N–H and O–H groups in total. The monoisotopic (exact) mass is 354 g/mol. The van der Waals surface area contributed by atoms with E-state index >= 15 is 0 Å². The van der Waals surface area contributed by atoms with Crippen LogP contribution in [-0.2, 0) is 6.42 Å². The van der Waals surface area contributed by atoms with E-state index in [-0.39, 0.29) is 11.2 Å². The Balaban J connectivity index is 1.80. The molecule has 0 amide bonds. The van der Waals surface area contributed by atoms with Crippen LogP contribution in [0.4, 0.5) is 0 Å². The topological polar surface area (TPSA) is 17.1 Å². The Morgan fingerprint density at radius 1 is 1.17 bits per heavy atom. The number of halogens is 2. The van der Waals surface area contributed by atoms with E-state index in [1.165, 1.54) is 37.7 Å². The molecule has 1 aromatic rings. The van der Waals surface area contributed by atoms with Gasteiger partial charge in [-0.15, -0.1) is 23.2 Å². The van der Waals surface area contributed by atoms with Crippen molar-refractivity contribution < 1.29 is 4.79 Å². The molecule has 1 atom stereocenters. The molecule has 0 spiro atoms. The first-order chi connectivity index (χ1) is 11.1. The molecule has 0 radical (unpaired) electrons. The minimum Gasteiger partial charge on any atom is -0.294 e. The highest BCUT2D eigenvalue weighted by atomic mass is 35.5. The van der Waals surface area contributed by atoms with Crippen LogP contribution >= 0.6 is 23.2 Å². The summed E-state index contributed by atoms with van der Waals surface area (Å²) in [5.41, 5.74) is 2.05. The highest BCUT2D eigenvalue weighted by Crippen LogP contribution is 2.36. The molecule has 1 unspecified atom stereocenters. The van der Waals surface area contributed by atoms with E-state index in [2.05, 4.69) is 12.1 Å². The SMILES string of the molecule is CCC(=O)c1ccc(CC(Cl)C2CCC(CCCCl)CC2)cc1. The molecule has 0 bridgehead atoms. The molecule has 128 valence electrons. The summed E-state index contributed by atoms with van der Waals surface area (Å²) in [4.78, 5) is 11.7. The molecule has 1 fully saturated rings. The zero-order valence-corrected chi connectivity index (χ0v) is 15.6. The molecule has 0 aromatic heterocycles. The summed E-state index contributed by atoms with van der Waals surface area (Å²) in [6.07, 6.45) is 8.97. The summed E-state index contributed by atoms with van der Waals surface area (Å²) in [6.45, 7) is 1.90. The molecular formula is C20H28Cl2O. The summed E-state index contributed by atoms with van der Waals surface area (Å²) in [5.74, 6) is 2.47. The van der Waals surface area contributed by atoms with E-state index in [0.717, 1.165) is 30.2 Å². The van der Waals surface area contributed by atoms with Crippen molar-refractivity contribution in [2.75, 3.05) is 5.88 Å². The number of carbonyl (C=O) groups is 1. The van der Waals surface area contributed by atoms with Gasteiger partial charge in [-0.3, -0.25) is 4.79 Å². The van der Waals surface area contributed by atoms with Gasteiger partial charge in [0.15, 0.2) is 5.78 Å². The van der Waals surface area contributed by atoms with E-state index in [4.69, 9.17) is 23.2 Å². The van der Waals surface area contributed by atoms with Crippen molar-refractivity contribution in [2.45, 2.75) is 63.7 Å². The lowest BCUT2D eigenvalue weighted by molar-refractivity contribution is 0.0988. The maximum atomic E-state index is 11.7. The van der Waals surface area contributed by atoms with Crippen molar-refractivity contribution in [3.05, 3.63) is 35.4 Å². The lowest BCUT2D eigenvalue weighted by Crippen LogP contribution is -2.24. The Kier molecular flexibility index (Phi) is 7.92. The Hall–Kier alpha value is -0.530. The number of hydrogen-bond acceptors (Lipinski definition) is 1. The van der Waals surface area contributed by atoms with Gasteiger partial charge in [-0.05, 0) is 49.5 Å². The molecular weight excluding hydrogens is 327 g/mol. The Morgan fingerprint density at radius 3 is 2.39 bits per heavy atom. The molecule has 2 rings (SSSR count). The first-order valence-electron chi connectivity index (χ1n) is 8.96. The average Bonchev–Trinajstić information content (AvgIpc) is 2.60. The normalized spacial score (nSPS) is 22.7. The van der Waals surface area contributed by atoms with Crippen LogP contribution in [0.3, 0.4) is 0 Å². The van der Waals surface area contributed by atoms with Gasteiger partial charge in [-0.1, -0.05) is 44.0 Å². The Labute approximate surface area is 150 Å². The van der Waals surface area contributed by atoms with Gasteiger partial charge in [-0.2, -0.15) is 0 Å². The second-order valence-electron chi connectivity index (χ2n) is 6.81. The molecule has 0 heterocycles. The Bertz CT molecular complexity index is 475. The van der Waals surface area contributed by atoms with Crippen molar-refractivity contribution in [3.8, 4) is 0 Å². The van der Waals surface area contributed by atoms with Gasteiger partial charge >= 0.3 is 0 Å². The predicted molar refractivity (Wildman–Crippen MR) is 99.8 cm³/mol. The molecule has 1 nitrogen and oxygen atoms in total. The largest absolute Gasteiger partial charge is 0.294 e. The van der Waals surface area contributed by atoms with E-state index in [1.807, 2.05) is 19.1 Å². The van der Waals surface area contributed by atoms with Gasteiger partial charge in [-0.25, -0.2) is 0 Å². The predicted octanol–water partition coefficient (Wildman–Crippen LogP) is 6.25. The summed E-state index contributed by atoms with van der Waals surface area (Å²) in [6, 6.07) is 8.00. The van der Waals surface area contributed by atoms with Crippen molar-refractivity contribution in [2.24, 2.45) is 11.8 Å². The second-order valence-corrected chi connectivity index (χ2v) is 7.74. The van der Waals surface area contributed by atoms with Gasteiger partial charge in [0.1, 0.15) is 0 Å². The highest BCUT2D eigenvalue weighted by Gasteiger charge is 2.26. The van der Waals surface area contributed by atoms with Gasteiger partial charge in [0.05, 0.1) is 0 Å². The summed E-state index contributed by atoms with van der Waals surface area (Å²) < 4.78 is 0. The van der Waals surface area contributed by atoms with Gasteiger partial charge in [0, 0.05) is 23.2 Å². The molecule has 1 aliphatic carbocycles. The third-order valence-electron chi connectivity index (χ3n) is 5.18.